The molecule has 0 radical (unpaired) electrons. The molecule has 2 aromatic carbocycles. The number of hydrogen-bond acceptors (Lipinski definition) is 4. The van der Waals surface area contributed by atoms with Crippen molar-refractivity contribution in [2.24, 2.45) is 5.73 Å². The van der Waals surface area contributed by atoms with Gasteiger partial charge in [-0.05, 0) is 30.3 Å². The topological polar surface area (TPSA) is 90.1 Å². The zero-order valence-electron chi connectivity index (χ0n) is 11.7. The quantitative estimate of drug-likeness (QED) is 0.789. The van der Waals surface area contributed by atoms with Gasteiger partial charge in [-0.3, -0.25) is 9.78 Å². The van der Waals surface area contributed by atoms with Gasteiger partial charge in [-0.15, -0.1) is 0 Å². The minimum Gasteiger partial charge on any atom is -0.366 e. The van der Waals surface area contributed by atoms with Gasteiger partial charge in [0.15, 0.2) is 0 Å². The van der Waals surface area contributed by atoms with Crippen LogP contribution in [0.5, 0.6) is 0 Å². The summed E-state index contributed by atoms with van der Waals surface area (Å²) in [6.45, 7) is 0. The maximum atomic E-state index is 12.7. The molecular formula is C16H11ClN2O3S. The van der Waals surface area contributed by atoms with Gasteiger partial charge < -0.3 is 5.73 Å². The van der Waals surface area contributed by atoms with E-state index in [9.17, 15) is 13.2 Å². The molecule has 2 N–H and O–H groups in total. The Morgan fingerprint density at radius 3 is 2.39 bits per heavy atom. The summed E-state index contributed by atoms with van der Waals surface area (Å²) in [6, 6.07) is 12.5. The first kappa shape index (κ1) is 15.5. The molecule has 3 aromatic rings. The number of rotatable bonds is 3. The Morgan fingerprint density at radius 2 is 1.74 bits per heavy atom. The van der Waals surface area contributed by atoms with E-state index < -0.39 is 15.7 Å². The molecule has 7 heteroatoms. The van der Waals surface area contributed by atoms with Gasteiger partial charge in [-0.25, -0.2) is 8.42 Å². The zero-order chi connectivity index (χ0) is 16.6. The van der Waals surface area contributed by atoms with E-state index in [1.807, 2.05) is 0 Å². The van der Waals surface area contributed by atoms with Crippen LogP contribution in [-0.2, 0) is 9.84 Å². The Hall–Kier alpha value is -2.44. The average Bonchev–Trinajstić information content (AvgIpc) is 2.55. The fourth-order valence-corrected chi connectivity index (χ4v) is 3.82. The molecule has 0 aliphatic carbocycles. The van der Waals surface area contributed by atoms with E-state index in [0.29, 0.717) is 10.9 Å². The number of nitrogens with two attached hydrogens (primary N) is 1. The van der Waals surface area contributed by atoms with E-state index in [4.69, 9.17) is 17.3 Å². The van der Waals surface area contributed by atoms with Gasteiger partial charge in [-0.2, -0.15) is 0 Å². The van der Waals surface area contributed by atoms with Gasteiger partial charge in [0.05, 0.1) is 25.9 Å². The number of halogens is 1. The van der Waals surface area contributed by atoms with Gasteiger partial charge >= 0.3 is 0 Å². The lowest BCUT2D eigenvalue weighted by atomic mass is 10.1. The van der Waals surface area contributed by atoms with Crippen LogP contribution in [0.25, 0.3) is 10.9 Å². The molecule has 0 aliphatic rings. The Labute approximate surface area is 137 Å². The van der Waals surface area contributed by atoms with E-state index in [0.717, 1.165) is 0 Å². The molecule has 5 nitrogen and oxygen atoms in total. The largest absolute Gasteiger partial charge is 0.366 e. The fourth-order valence-electron chi connectivity index (χ4n) is 2.21. The minimum atomic E-state index is -3.68. The first-order chi connectivity index (χ1) is 10.9. The molecular weight excluding hydrogens is 336 g/mol. The fraction of sp³-hybridized carbons (Fsp3) is 0. The number of primary amides is 1. The second-order valence-corrected chi connectivity index (χ2v) is 7.17. The van der Waals surface area contributed by atoms with E-state index >= 15 is 0 Å². The van der Waals surface area contributed by atoms with Crippen molar-refractivity contribution in [3.63, 3.8) is 0 Å². The number of amides is 1. The van der Waals surface area contributed by atoms with Crippen LogP contribution in [0.15, 0.2) is 64.5 Å². The monoisotopic (exact) mass is 346 g/mol. The van der Waals surface area contributed by atoms with Crippen LogP contribution in [0, 0.1) is 0 Å². The third-order valence-electron chi connectivity index (χ3n) is 3.40. The second-order valence-electron chi connectivity index (χ2n) is 4.85. The molecule has 1 amide bonds. The summed E-state index contributed by atoms with van der Waals surface area (Å²) in [5.74, 6) is -0.722. The molecule has 3 rings (SSSR count). The second kappa shape index (κ2) is 5.64. The maximum Gasteiger partial charge on any atom is 0.251 e. The third-order valence-corrected chi connectivity index (χ3v) is 5.58. The normalized spacial score (nSPS) is 11.5. The van der Waals surface area contributed by atoms with Crippen molar-refractivity contribution < 1.29 is 13.2 Å². The number of sulfone groups is 1. The molecule has 0 bridgehead atoms. The Bertz CT molecular complexity index is 1020. The summed E-state index contributed by atoms with van der Waals surface area (Å²) in [7, 11) is -3.68. The van der Waals surface area contributed by atoms with E-state index in [1.165, 1.54) is 30.5 Å². The highest BCUT2D eigenvalue weighted by atomic mass is 35.5. The van der Waals surface area contributed by atoms with Crippen LogP contribution in [0.3, 0.4) is 0 Å². The lowest BCUT2D eigenvalue weighted by molar-refractivity contribution is 0.1000. The van der Waals surface area contributed by atoms with Crippen molar-refractivity contribution in [1.29, 1.82) is 0 Å². The van der Waals surface area contributed by atoms with Crippen molar-refractivity contribution >= 4 is 38.2 Å². The Kier molecular flexibility index (Phi) is 3.79. The van der Waals surface area contributed by atoms with Crippen molar-refractivity contribution in [2.45, 2.75) is 9.79 Å². The zero-order valence-corrected chi connectivity index (χ0v) is 13.3. The summed E-state index contributed by atoms with van der Waals surface area (Å²) in [5, 5.41) is 0.451. The van der Waals surface area contributed by atoms with Gasteiger partial charge in [0.1, 0.15) is 0 Å². The highest BCUT2D eigenvalue weighted by molar-refractivity contribution is 7.91. The Morgan fingerprint density at radius 1 is 1.04 bits per heavy atom. The molecule has 23 heavy (non-hydrogen) atoms. The molecule has 1 heterocycles. The molecule has 0 saturated carbocycles. The predicted octanol–water partition coefficient (Wildman–Crippen LogP) is 2.82. The van der Waals surface area contributed by atoms with Crippen molar-refractivity contribution in [3.05, 3.63) is 65.3 Å². The molecule has 116 valence electrons. The summed E-state index contributed by atoms with van der Waals surface area (Å²) in [6.07, 6.45) is 1.28. The summed E-state index contributed by atoms with van der Waals surface area (Å²) >= 11 is 6.17. The summed E-state index contributed by atoms with van der Waals surface area (Å²) in [5.41, 5.74) is 5.77. The highest BCUT2D eigenvalue weighted by Gasteiger charge is 2.19. The van der Waals surface area contributed by atoms with Gasteiger partial charge in [-0.1, -0.05) is 29.8 Å². The number of aromatic nitrogens is 1. The molecule has 0 saturated heterocycles. The summed E-state index contributed by atoms with van der Waals surface area (Å²) < 4.78 is 25.3. The predicted molar refractivity (Wildman–Crippen MR) is 87.2 cm³/mol. The number of benzene rings is 2. The number of fused-ring (bicyclic) bond motifs is 1. The number of carbonyl (C=O) groups excluding carboxylic acids is 1. The van der Waals surface area contributed by atoms with Crippen LogP contribution < -0.4 is 5.73 Å². The summed E-state index contributed by atoms with van der Waals surface area (Å²) in [4.78, 5) is 15.7. The van der Waals surface area contributed by atoms with E-state index in [1.54, 1.807) is 24.3 Å². The van der Waals surface area contributed by atoms with Crippen LogP contribution >= 0.6 is 11.6 Å². The van der Waals surface area contributed by atoms with Crippen LogP contribution in [0.1, 0.15) is 10.4 Å². The van der Waals surface area contributed by atoms with Crippen molar-refractivity contribution in [1.82, 2.24) is 4.98 Å². The first-order valence-electron chi connectivity index (χ1n) is 6.59. The van der Waals surface area contributed by atoms with Gasteiger partial charge in [0.25, 0.3) is 5.91 Å². The molecule has 0 fully saturated rings. The minimum absolute atomic E-state index is 0.0495. The molecule has 0 spiro atoms. The third kappa shape index (κ3) is 2.67. The Balaban J connectivity index is 2.24. The standard InChI is InChI=1S/C16H11ClN2O3S/c17-15-12-8-11(23(21,22)10-4-2-1-3-5-10)6-7-14(12)19-9-13(15)16(18)20/h1-9H,(H2,18,20). The van der Waals surface area contributed by atoms with Crippen molar-refractivity contribution in [3.8, 4) is 0 Å². The smallest absolute Gasteiger partial charge is 0.251 e. The number of nitrogens with zero attached hydrogens (tertiary/aromatic N) is 1. The molecule has 1 aromatic heterocycles. The number of hydrogen-bond donors (Lipinski definition) is 1. The van der Waals surface area contributed by atoms with Gasteiger partial charge in [0.2, 0.25) is 9.84 Å². The van der Waals surface area contributed by atoms with Crippen molar-refractivity contribution in [2.75, 3.05) is 0 Å². The molecule has 0 unspecified atom stereocenters. The average molecular weight is 347 g/mol. The van der Waals surface area contributed by atoms with E-state index in [2.05, 4.69) is 4.98 Å². The van der Waals surface area contributed by atoms with Crippen LogP contribution in [-0.4, -0.2) is 19.3 Å². The lowest BCUT2D eigenvalue weighted by Crippen LogP contribution is -2.12. The maximum absolute atomic E-state index is 12.7. The highest BCUT2D eigenvalue weighted by Crippen LogP contribution is 2.29. The SMILES string of the molecule is NC(=O)c1cnc2ccc(S(=O)(=O)c3ccccc3)cc2c1Cl. The number of carbonyl (C=O) groups is 1. The van der Waals surface area contributed by atoms with E-state index in [-0.39, 0.29) is 20.4 Å². The lowest BCUT2D eigenvalue weighted by Gasteiger charge is -2.08. The first-order valence-corrected chi connectivity index (χ1v) is 8.45. The van der Waals surface area contributed by atoms with Gasteiger partial charge in [0, 0.05) is 11.6 Å². The molecule has 0 aliphatic heterocycles. The van der Waals surface area contributed by atoms with Crippen LogP contribution in [0.4, 0.5) is 0 Å². The molecule has 0 atom stereocenters. The number of pyridine rings is 1. The van der Waals surface area contributed by atoms with Crippen LogP contribution in [0.2, 0.25) is 5.02 Å².